The molecule has 1 fully saturated rings. The third-order valence-corrected chi connectivity index (χ3v) is 4.80. The normalized spacial score (nSPS) is 14.0. The summed E-state index contributed by atoms with van der Waals surface area (Å²) in [5.74, 6) is 1.59. The predicted molar refractivity (Wildman–Crippen MR) is 114 cm³/mol. The van der Waals surface area contributed by atoms with Crippen molar-refractivity contribution in [3.63, 3.8) is 0 Å². The van der Waals surface area contributed by atoms with Gasteiger partial charge in [0.25, 0.3) is 5.91 Å². The van der Waals surface area contributed by atoms with Crippen molar-refractivity contribution < 1.29 is 19.0 Å². The number of carbonyl (C=O) groups is 1. The first-order valence-electron chi connectivity index (χ1n) is 9.91. The van der Waals surface area contributed by atoms with Crippen LogP contribution in [0.5, 0.6) is 11.5 Å². The van der Waals surface area contributed by atoms with Crippen LogP contribution in [-0.4, -0.2) is 71.9 Å². The van der Waals surface area contributed by atoms with Crippen molar-refractivity contribution in [3.8, 4) is 22.9 Å². The molecule has 1 amide bonds. The van der Waals surface area contributed by atoms with Gasteiger partial charge in [-0.15, -0.1) is 10.2 Å². The molecule has 0 bridgehead atoms. The summed E-state index contributed by atoms with van der Waals surface area (Å²) >= 11 is 0. The molecule has 3 aromatic rings. The number of benzene rings is 2. The van der Waals surface area contributed by atoms with Crippen LogP contribution < -0.4 is 9.47 Å². The van der Waals surface area contributed by atoms with Gasteiger partial charge in [0.1, 0.15) is 6.33 Å². The monoisotopic (exact) mass is 421 g/mol. The summed E-state index contributed by atoms with van der Waals surface area (Å²) in [7, 11) is 1.56. The molecule has 0 unspecified atom stereocenters. The summed E-state index contributed by atoms with van der Waals surface area (Å²) in [4.78, 5) is 14.0. The molecule has 4 rings (SSSR count). The molecular weight excluding hydrogens is 398 g/mol. The van der Waals surface area contributed by atoms with E-state index in [-0.39, 0.29) is 12.5 Å². The van der Waals surface area contributed by atoms with E-state index in [2.05, 4.69) is 15.3 Å². The van der Waals surface area contributed by atoms with Gasteiger partial charge in [-0.25, -0.2) is 0 Å². The predicted octanol–water partition coefficient (Wildman–Crippen LogP) is 2.07. The van der Waals surface area contributed by atoms with Crippen LogP contribution >= 0.6 is 0 Å². The van der Waals surface area contributed by atoms with Gasteiger partial charge in [0.15, 0.2) is 23.9 Å². The van der Waals surface area contributed by atoms with E-state index in [9.17, 15) is 4.79 Å². The summed E-state index contributed by atoms with van der Waals surface area (Å²) in [5.41, 5.74) is 1.72. The average Bonchev–Trinajstić information content (AvgIpc) is 3.31. The zero-order valence-electron chi connectivity index (χ0n) is 17.2. The van der Waals surface area contributed by atoms with Crippen LogP contribution in [-0.2, 0) is 9.53 Å². The molecule has 31 heavy (non-hydrogen) atoms. The van der Waals surface area contributed by atoms with Crippen molar-refractivity contribution in [2.45, 2.75) is 0 Å². The smallest absolute Gasteiger partial charge is 0.260 e. The molecular formula is C22H23N5O4. The summed E-state index contributed by atoms with van der Waals surface area (Å²) in [5, 5.41) is 12.5. The average molecular weight is 421 g/mol. The maximum atomic E-state index is 12.3. The zero-order chi connectivity index (χ0) is 21.5. The highest BCUT2D eigenvalue weighted by Crippen LogP contribution is 2.27. The second-order valence-corrected chi connectivity index (χ2v) is 6.80. The number of methoxy groups -OCH3 is 1. The van der Waals surface area contributed by atoms with Gasteiger partial charge >= 0.3 is 0 Å². The number of hydrogen-bond acceptors (Lipinski definition) is 7. The lowest BCUT2D eigenvalue weighted by molar-refractivity contribution is -0.137. The van der Waals surface area contributed by atoms with Gasteiger partial charge in [-0.1, -0.05) is 30.3 Å². The number of carbonyl (C=O) groups excluding carboxylic acids is 1. The van der Waals surface area contributed by atoms with Crippen LogP contribution in [0.3, 0.4) is 0 Å². The SMILES string of the molecule is COc1cc(/C=N\n2cnnc2-c2ccccc2)ccc1OCC(=O)N1CCOCC1. The first-order chi connectivity index (χ1) is 15.2. The van der Waals surface area contributed by atoms with Gasteiger partial charge in [-0.2, -0.15) is 9.78 Å². The Balaban J connectivity index is 1.44. The maximum Gasteiger partial charge on any atom is 0.260 e. The highest BCUT2D eigenvalue weighted by Gasteiger charge is 2.18. The Morgan fingerprint density at radius 2 is 1.97 bits per heavy atom. The lowest BCUT2D eigenvalue weighted by Gasteiger charge is -2.26. The van der Waals surface area contributed by atoms with E-state index in [1.165, 1.54) is 0 Å². The van der Waals surface area contributed by atoms with E-state index < -0.39 is 0 Å². The second kappa shape index (κ2) is 9.86. The molecule has 0 saturated carbocycles. The minimum atomic E-state index is -0.0722. The molecule has 1 aromatic heterocycles. The molecule has 0 aliphatic carbocycles. The summed E-state index contributed by atoms with van der Waals surface area (Å²) in [6, 6.07) is 15.1. The topological polar surface area (TPSA) is 91.1 Å². The Bertz CT molecular complexity index is 1050. The lowest BCUT2D eigenvalue weighted by Crippen LogP contribution is -2.43. The van der Waals surface area contributed by atoms with Crippen molar-refractivity contribution in [2.24, 2.45) is 5.10 Å². The number of rotatable bonds is 7. The Labute approximate surface area is 179 Å². The van der Waals surface area contributed by atoms with E-state index in [0.29, 0.717) is 43.6 Å². The van der Waals surface area contributed by atoms with E-state index >= 15 is 0 Å². The molecule has 2 heterocycles. The van der Waals surface area contributed by atoms with Crippen molar-refractivity contribution in [1.82, 2.24) is 19.8 Å². The van der Waals surface area contributed by atoms with Gasteiger partial charge in [0.05, 0.1) is 26.5 Å². The summed E-state index contributed by atoms with van der Waals surface area (Å²) in [6.45, 7) is 2.24. The minimum Gasteiger partial charge on any atom is -0.493 e. The lowest BCUT2D eigenvalue weighted by atomic mass is 10.2. The Kier molecular flexibility index (Phi) is 6.53. The molecule has 2 aromatic carbocycles. The molecule has 0 spiro atoms. The number of nitrogens with zero attached hydrogens (tertiary/aromatic N) is 5. The Hall–Kier alpha value is -3.72. The number of amides is 1. The molecule has 1 aliphatic heterocycles. The zero-order valence-corrected chi connectivity index (χ0v) is 17.2. The molecule has 9 nitrogen and oxygen atoms in total. The third-order valence-electron chi connectivity index (χ3n) is 4.80. The molecule has 160 valence electrons. The fourth-order valence-electron chi connectivity index (χ4n) is 3.15. The standard InChI is InChI=1S/C22H23N5O4/c1-29-20-13-17(7-8-19(20)31-15-21(28)26-9-11-30-12-10-26)14-24-27-16-23-25-22(27)18-5-3-2-4-6-18/h2-8,13-14,16H,9-12,15H2,1H3/b24-14-. The molecule has 0 radical (unpaired) electrons. The fraction of sp³-hybridized carbons (Fsp3) is 0.273. The van der Waals surface area contributed by atoms with E-state index in [4.69, 9.17) is 14.2 Å². The number of ether oxygens (including phenoxy) is 3. The van der Waals surface area contributed by atoms with Crippen molar-refractivity contribution >= 4 is 12.1 Å². The van der Waals surface area contributed by atoms with Crippen LogP contribution in [0, 0.1) is 0 Å². The highest BCUT2D eigenvalue weighted by atomic mass is 16.5. The minimum absolute atomic E-state index is 0.0507. The van der Waals surface area contributed by atoms with Gasteiger partial charge in [0.2, 0.25) is 0 Å². The number of morpholine rings is 1. The molecule has 1 saturated heterocycles. The van der Waals surface area contributed by atoms with Crippen molar-refractivity contribution in [2.75, 3.05) is 40.0 Å². The fourth-order valence-corrected chi connectivity index (χ4v) is 3.15. The summed E-state index contributed by atoms with van der Waals surface area (Å²) in [6.07, 6.45) is 3.23. The first-order valence-corrected chi connectivity index (χ1v) is 9.91. The van der Waals surface area contributed by atoms with Crippen LogP contribution in [0.25, 0.3) is 11.4 Å². The Morgan fingerprint density at radius 1 is 1.16 bits per heavy atom. The first kappa shape index (κ1) is 20.5. The molecule has 0 N–H and O–H groups in total. The van der Waals surface area contributed by atoms with Crippen LogP contribution in [0.4, 0.5) is 0 Å². The van der Waals surface area contributed by atoms with Gasteiger partial charge < -0.3 is 19.1 Å². The van der Waals surface area contributed by atoms with Gasteiger partial charge in [-0.3, -0.25) is 4.79 Å². The van der Waals surface area contributed by atoms with E-state index in [1.54, 1.807) is 41.4 Å². The van der Waals surface area contributed by atoms with E-state index in [0.717, 1.165) is 11.1 Å². The second-order valence-electron chi connectivity index (χ2n) is 6.80. The molecule has 0 atom stereocenters. The summed E-state index contributed by atoms with van der Waals surface area (Å²) < 4.78 is 18.0. The van der Waals surface area contributed by atoms with Gasteiger partial charge in [0, 0.05) is 18.7 Å². The highest BCUT2D eigenvalue weighted by molar-refractivity contribution is 5.81. The quantitative estimate of drug-likeness (QED) is 0.543. The van der Waals surface area contributed by atoms with Crippen LogP contribution in [0.1, 0.15) is 5.56 Å². The van der Waals surface area contributed by atoms with Crippen LogP contribution in [0.15, 0.2) is 60.0 Å². The number of aromatic nitrogens is 3. The van der Waals surface area contributed by atoms with E-state index in [1.807, 2.05) is 36.4 Å². The maximum absolute atomic E-state index is 12.3. The Morgan fingerprint density at radius 3 is 2.74 bits per heavy atom. The largest absolute Gasteiger partial charge is 0.493 e. The third kappa shape index (κ3) is 5.07. The molecule has 1 aliphatic rings. The van der Waals surface area contributed by atoms with Crippen molar-refractivity contribution in [3.05, 3.63) is 60.4 Å². The molecule has 9 heteroatoms. The number of hydrogen-bond donors (Lipinski definition) is 0. The van der Waals surface area contributed by atoms with Crippen molar-refractivity contribution in [1.29, 1.82) is 0 Å². The van der Waals surface area contributed by atoms with Crippen LogP contribution in [0.2, 0.25) is 0 Å². The van der Waals surface area contributed by atoms with Gasteiger partial charge in [-0.05, 0) is 23.8 Å².